The summed E-state index contributed by atoms with van der Waals surface area (Å²) in [5, 5.41) is 0. The van der Waals surface area contributed by atoms with Crippen molar-refractivity contribution < 1.29 is 28.6 Å². The van der Waals surface area contributed by atoms with Gasteiger partial charge in [0.1, 0.15) is 18.1 Å². The Morgan fingerprint density at radius 2 is 1.60 bits per heavy atom. The fourth-order valence-corrected chi connectivity index (χ4v) is 5.21. The molecule has 1 fully saturated rings. The molecule has 2 aromatic carbocycles. The van der Waals surface area contributed by atoms with Crippen LogP contribution in [0.15, 0.2) is 60.7 Å². The summed E-state index contributed by atoms with van der Waals surface area (Å²) in [6, 6.07) is 15.4. The summed E-state index contributed by atoms with van der Waals surface area (Å²) in [6.45, 7) is 5.19. The topological polar surface area (TPSA) is 78.9 Å². The number of ether oxygens (including phenoxy) is 3. The predicted molar refractivity (Wildman–Crippen MR) is 105 cm³/mol. The van der Waals surface area contributed by atoms with Crippen molar-refractivity contribution in [3.8, 4) is 0 Å². The number of hydrogen-bond donors (Lipinski definition) is 0. The molecule has 3 aliphatic carbocycles. The van der Waals surface area contributed by atoms with Crippen LogP contribution in [0.5, 0.6) is 0 Å². The van der Waals surface area contributed by atoms with Crippen molar-refractivity contribution >= 4 is 17.9 Å². The first-order valence-electron chi connectivity index (χ1n) is 9.87. The molecular weight excluding hydrogens is 384 g/mol. The van der Waals surface area contributed by atoms with Crippen molar-refractivity contribution in [2.45, 2.75) is 18.4 Å². The molecule has 0 N–H and O–H groups in total. The second-order valence-electron chi connectivity index (χ2n) is 7.90. The molecule has 6 nitrogen and oxygen atoms in total. The van der Waals surface area contributed by atoms with E-state index < -0.39 is 35.3 Å². The second-order valence-corrected chi connectivity index (χ2v) is 7.90. The van der Waals surface area contributed by atoms with E-state index in [0.29, 0.717) is 5.57 Å². The van der Waals surface area contributed by atoms with E-state index >= 15 is 0 Å². The molecule has 2 atom stereocenters. The average Bonchev–Trinajstić information content (AvgIpc) is 3.06. The summed E-state index contributed by atoms with van der Waals surface area (Å²) in [4.78, 5) is 37.3. The van der Waals surface area contributed by atoms with Crippen LogP contribution < -0.4 is 0 Å². The van der Waals surface area contributed by atoms with E-state index in [2.05, 4.69) is 6.58 Å². The zero-order valence-electron chi connectivity index (χ0n) is 16.4. The molecular formula is C24H20O6. The zero-order valence-corrected chi connectivity index (χ0v) is 16.4. The van der Waals surface area contributed by atoms with Crippen LogP contribution in [0, 0.1) is 11.8 Å². The third-order valence-electron chi connectivity index (χ3n) is 6.27. The fraction of sp³-hybridized carbons (Fsp3) is 0.292. The van der Waals surface area contributed by atoms with Crippen molar-refractivity contribution in [1.82, 2.24) is 0 Å². The van der Waals surface area contributed by atoms with Crippen LogP contribution in [-0.2, 0) is 34.2 Å². The Bertz CT molecular complexity index is 1050. The smallest absolute Gasteiger partial charge is 0.333 e. The molecule has 6 rings (SSSR count). The van der Waals surface area contributed by atoms with Gasteiger partial charge in [-0.25, -0.2) is 4.79 Å². The Balaban J connectivity index is 1.63. The molecule has 2 aromatic rings. The monoisotopic (exact) mass is 404 g/mol. The van der Waals surface area contributed by atoms with E-state index in [1.807, 2.05) is 48.5 Å². The minimum atomic E-state index is -1.18. The number of cyclic esters (lactones) is 2. The molecule has 30 heavy (non-hydrogen) atoms. The molecule has 4 aliphatic rings. The Morgan fingerprint density at radius 3 is 2.20 bits per heavy atom. The summed E-state index contributed by atoms with van der Waals surface area (Å²) < 4.78 is 16.7. The molecule has 6 heteroatoms. The van der Waals surface area contributed by atoms with Crippen LogP contribution in [0.1, 0.15) is 35.1 Å². The minimum Gasteiger partial charge on any atom is -0.460 e. The molecule has 1 aliphatic heterocycles. The van der Waals surface area contributed by atoms with Gasteiger partial charge in [0, 0.05) is 11.5 Å². The average molecular weight is 404 g/mol. The van der Waals surface area contributed by atoms with Crippen LogP contribution in [0.4, 0.5) is 0 Å². The quantitative estimate of drug-likeness (QED) is 0.330. The Labute approximate surface area is 173 Å². The van der Waals surface area contributed by atoms with E-state index in [-0.39, 0.29) is 19.1 Å². The van der Waals surface area contributed by atoms with Gasteiger partial charge in [0.25, 0.3) is 0 Å². The second kappa shape index (κ2) is 6.64. The SMILES string of the molecule is C=C(C)C(=O)OCCOC12c3ccccc3C(c3ccccc31)C1C(=O)OC(=O)C12. The van der Waals surface area contributed by atoms with Crippen molar-refractivity contribution in [1.29, 1.82) is 0 Å². The Kier molecular flexibility index (Phi) is 4.15. The largest absolute Gasteiger partial charge is 0.460 e. The first-order chi connectivity index (χ1) is 14.5. The molecule has 1 saturated heterocycles. The maximum Gasteiger partial charge on any atom is 0.333 e. The van der Waals surface area contributed by atoms with Crippen LogP contribution >= 0.6 is 0 Å². The van der Waals surface area contributed by atoms with Gasteiger partial charge < -0.3 is 14.2 Å². The Morgan fingerprint density at radius 1 is 1.00 bits per heavy atom. The van der Waals surface area contributed by atoms with E-state index in [1.165, 1.54) is 0 Å². The number of carbonyl (C=O) groups excluding carboxylic acids is 3. The molecule has 2 bridgehead atoms. The first-order valence-corrected chi connectivity index (χ1v) is 9.87. The van der Waals surface area contributed by atoms with Crippen LogP contribution in [0.2, 0.25) is 0 Å². The van der Waals surface area contributed by atoms with Crippen molar-refractivity contribution in [3.05, 3.63) is 82.9 Å². The summed E-state index contributed by atoms with van der Waals surface area (Å²) in [5.41, 5.74) is 2.75. The predicted octanol–water partition coefficient (Wildman–Crippen LogP) is 2.84. The fourth-order valence-electron chi connectivity index (χ4n) is 5.21. The molecule has 0 aromatic heterocycles. The molecule has 1 heterocycles. The van der Waals surface area contributed by atoms with Gasteiger partial charge in [-0.15, -0.1) is 0 Å². The Hall–Kier alpha value is -3.25. The highest BCUT2D eigenvalue weighted by atomic mass is 16.6. The van der Waals surface area contributed by atoms with Gasteiger partial charge in [0.2, 0.25) is 0 Å². The van der Waals surface area contributed by atoms with Crippen molar-refractivity contribution in [2.75, 3.05) is 13.2 Å². The van der Waals surface area contributed by atoms with Gasteiger partial charge in [0.15, 0.2) is 0 Å². The van der Waals surface area contributed by atoms with Gasteiger partial charge in [0.05, 0.1) is 12.5 Å². The van der Waals surface area contributed by atoms with Crippen LogP contribution in [0.3, 0.4) is 0 Å². The maximum absolute atomic E-state index is 12.8. The van der Waals surface area contributed by atoms with Gasteiger partial charge in [-0.05, 0) is 29.2 Å². The molecule has 0 radical (unpaired) electrons. The van der Waals surface area contributed by atoms with Gasteiger partial charge in [-0.2, -0.15) is 0 Å². The van der Waals surface area contributed by atoms with E-state index in [4.69, 9.17) is 14.2 Å². The van der Waals surface area contributed by atoms with E-state index in [0.717, 1.165) is 22.3 Å². The summed E-state index contributed by atoms with van der Waals surface area (Å²) >= 11 is 0. The van der Waals surface area contributed by atoms with Crippen molar-refractivity contribution in [3.63, 3.8) is 0 Å². The third kappa shape index (κ3) is 2.37. The summed E-state index contributed by atoms with van der Waals surface area (Å²) in [7, 11) is 0. The van der Waals surface area contributed by atoms with Gasteiger partial charge >= 0.3 is 17.9 Å². The number of esters is 3. The highest BCUT2D eigenvalue weighted by Gasteiger charge is 2.68. The van der Waals surface area contributed by atoms with Crippen molar-refractivity contribution in [2.24, 2.45) is 11.8 Å². The highest BCUT2D eigenvalue weighted by Crippen LogP contribution is 2.64. The van der Waals surface area contributed by atoms with Gasteiger partial charge in [-0.3, -0.25) is 9.59 Å². The third-order valence-corrected chi connectivity index (χ3v) is 6.27. The number of hydrogen-bond acceptors (Lipinski definition) is 6. The van der Waals surface area contributed by atoms with Gasteiger partial charge in [-0.1, -0.05) is 55.1 Å². The first kappa shape index (κ1) is 18.8. The maximum atomic E-state index is 12.8. The normalized spacial score (nSPS) is 27.7. The summed E-state index contributed by atoms with van der Waals surface area (Å²) in [6.07, 6.45) is 0. The van der Waals surface area contributed by atoms with E-state index in [9.17, 15) is 14.4 Å². The molecule has 2 unspecified atom stereocenters. The molecule has 0 saturated carbocycles. The lowest BCUT2D eigenvalue weighted by atomic mass is 9.52. The zero-order chi connectivity index (χ0) is 21.0. The molecule has 152 valence electrons. The standard InChI is InChI=1S/C24H20O6/c1-13(2)21(25)28-11-12-29-24-16-9-5-3-7-14(16)18(15-8-4-6-10-17(15)24)19-20(24)23(27)30-22(19)26/h3-10,18-20H,1,11-12H2,2H3. The lowest BCUT2D eigenvalue weighted by molar-refractivity contribution is -0.160. The minimum absolute atomic E-state index is 0.00157. The number of carbonyl (C=O) groups is 3. The molecule has 0 spiro atoms. The lowest BCUT2D eigenvalue weighted by Crippen LogP contribution is -2.55. The number of benzene rings is 2. The van der Waals surface area contributed by atoms with Crippen LogP contribution in [-0.4, -0.2) is 31.1 Å². The summed E-state index contributed by atoms with van der Waals surface area (Å²) in [5.74, 6) is -3.26. The lowest BCUT2D eigenvalue weighted by Gasteiger charge is -2.52. The van der Waals surface area contributed by atoms with E-state index in [1.54, 1.807) is 6.92 Å². The van der Waals surface area contributed by atoms with Crippen LogP contribution in [0.25, 0.3) is 0 Å². The molecule has 0 amide bonds. The number of rotatable bonds is 5. The highest BCUT2D eigenvalue weighted by molar-refractivity contribution is 6.00.